The molecule has 1 heterocycles. The van der Waals surface area contributed by atoms with E-state index >= 15 is 0 Å². The molecule has 30 heavy (non-hydrogen) atoms. The van der Waals surface area contributed by atoms with Gasteiger partial charge in [-0.1, -0.05) is 43.5 Å². The standard InChI is InChI=1S/C24H25FO3S2/c1-28-22-11-10-20(25)16-19(22)15-17-6-5-7-18(14-17)23-12-13-24(29-23)30(26,27)21-8-3-2-4-9-21/h5-7,10-14,16,21H,2-4,8-9,15H2,1H3. The van der Waals surface area contributed by atoms with Gasteiger partial charge in [-0.3, -0.25) is 0 Å². The minimum absolute atomic E-state index is 0.246. The molecule has 158 valence electrons. The second-order valence-electron chi connectivity index (χ2n) is 7.76. The van der Waals surface area contributed by atoms with E-state index in [1.165, 1.54) is 23.5 Å². The summed E-state index contributed by atoms with van der Waals surface area (Å²) in [5, 5.41) is -0.246. The van der Waals surface area contributed by atoms with E-state index in [2.05, 4.69) is 0 Å². The first kappa shape index (κ1) is 21.1. The Balaban J connectivity index is 1.59. The normalized spacial score (nSPS) is 15.3. The maximum Gasteiger partial charge on any atom is 0.190 e. The van der Waals surface area contributed by atoms with Crippen molar-refractivity contribution in [3.63, 3.8) is 0 Å². The molecule has 0 bridgehead atoms. The number of benzene rings is 2. The lowest BCUT2D eigenvalue weighted by atomic mass is 10.0. The largest absolute Gasteiger partial charge is 0.496 e. The minimum atomic E-state index is -3.26. The van der Waals surface area contributed by atoms with Crippen LogP contribution in [-0.2, 0) is 16.3 Å². The third-order valence-corrected chi connectivity index (χ3v) is 9.62. The van der Waals surface area contributed by atoms with Crippen LogP contribution in [-0.4, -0.2) is 20.8 Å². The number of methoxy groups -OCH3 is 1. The van der Waals surface area contributed by atoms with E-state index in [0.29, 0.717) is 16.4 Å². The van der Waals surface area contributed by atoms with Gasteiger partial charge in [-0.2, -0.15) is 0 Å². The van der Waals surface area contributed by atoms with E-state index in [-0.39, 0.29) is 11.1 Å². The number of sulfone groups is 1. The molecule has 0 N–H and O–H groups in total. The van der Waals surface area contributed by atoms with Gasteiger partial charge in [0, 0.05) is 16.9 Å². The van der Waals surface area contributed by atoms with Gasteiger partial charge in [-0.05, 0) is 54.3 Å². The Kier molecular flexibility index (Phi) is 6.25. The van der Waals surface area contributed by atoms with Crippen LogP contribution in [0.4, 0.5) is 4.39 Å². The molecule has 1 fully saturated rings. The van der Waals surface area contributed by atoms with Crippen molar-refractivity contribution in [3.8, 4) is 16.2 Å². The first-order valence-corrected chi connectivity index (χ1v) is 12.6. The number of thiophene rings is 1. The van der Waals surface area contributed by atoms with Crippen LogP contribution in [0.25, 0.3) is 10.4 Å². The zero-order valence-corrected chi connectivity index (χ0v) is 18.6. The highest BCUT2D eigenvalue weighted by atomic mass is 32.2. The molecular weight excluding hydrogens is 419 g/mol. The lowest BCUT2D eigenvalue weighted by Gasteiger charge is -2.20. The molecule has 6 heteroatoms. The van der Waals surface area contributed by atoms with Crippen molar-refractivity contribution in [2.45, 2.75) is 48.0 Å². The van der Waals surface area contributed by atoms with Crippen LogP contribution >= 0.6 is 11.3 Å². The number of hydrogen-bond acceptors (Lipinski definition) is 4. The summed E-state index contributed by atoms with van der Waals surface area (Å²) in [5.74, 6) is 0.358. The molecule has 0 atom stereocenters. The van der Waals surface area contributed by atoms with Crippen LogP contribution < -0.4 is 4.74 Å². The second kappa shape index (κ2) is 8.90. The smallest absolute Gasteiger partial charge is 0.190 e. The molecule has 3 aromatic rings. The summed E-state index contributed by atoms with van der Waals surface area (Å²) in [4.78, 5) is 0.928. The molecule has 0 spiro atoms. The van der Waals surface area contributed by atoms with E-state index in [0.717, 1.165) is 53.7 Å². The van der Waals surface area contributed by atoms with Crippen molar-refractivity contribution >= 4 is 21.2 Å². The number of hydrogen-bond donors (Lipinski definition) is 0. The highest BCUT2D eigenvalue weighted by molar-refractivity contribution is 7.94. The first-order chi connectivity index (χ1) is 14.5. The zero-order valence-electron chi connectivity index (χ0n) is 16.9. The summed E-state index contributed by atoms with van der Waals surface area (Å²) in [7, 11) is -1.68. The van der Waals surface area contributed by atoms with Crippen LogP contribution in [0.2, 0.25) is 0 Å². The predicted octanol–water partition coefficient (Wildman–Crippen LogP) is 6.26. The monoisotopic (exact) mass is 444 g/mol. The van der Waals surface area contributed by atoms with Crippen LogP contribution in [0.15, 0.2) is 58.8 Å². The van der Waals surface area contributed by atoms with E-state index in [9.17, 15) is 12.8 Å². The van der Waals surface area contributed by atoms with Crippen molar-refractivity contribution in [3.05, 3.63) is 71.5 Å². The first-order valence-electron chi connectivity index (χ1n) is 10.2. The summed E-state index contributed by atoms with van der Waals surface area (Å²) in [6, 6.07) is 16.1. The molecule has 0 amide bonds. The molecule has 2 aromatic carbocycles. The highest BCUT2D eigenvalue weighted by Crippen LogP contribution is 2.36. The summed E-state index contributed by atoms with van der Waals surface area (Å²) < 4.78 is 45.5. The molecule has 1 aromatic heterocycles. The van der Waals surface area contributed by atoms with Gasteiger partial charge >= 0.3 is 0 Å². The molecule has 1 aliphatic carbocycles. The van der Waals surface area contributed by atoms with Crippen molar-refractivity contribution in [2.24, 2.45) is 0 Å². The topological polar surface area (TPSA) is 43.4 Å². The van der Waals surface area contributed by atoms with E-state index in [4.69, 9.17) is 4.74 Å². The Hall–Kier alpha value is -2.18. The molecule has 0 aliphatic heterocycles. The third kappa shape index (κ3) is 4.44. The van der Waals surface area contributed by atoms with E-state index in [1.807, 2.05) is 30.3 Å². The van der Waals surface area contributed by atoms with Gasteiger partial charge in [0.1, 0.15) is 15.8 Å². The SMILES string of the molecule is COc1ccc(F)cc1Cc1cccc(-c2ccc(S(=O)(=O)C3CCCCC3)s2)c1. The van der Waals surface area contributed by atoms with Crippen molar-refractivity contribution < 1.29 is 17.5 Å². The Morgan fingerprint density at radius 1 is 1.03 bits per heavy atom. The Morgan fingerprint density at radius 3 is 2.60 bits per heavy atom. The van der Waals surface area contributed by atoms with Crippen LogP contribution in [0, 0.1) is 5.82 Å². The van der Waals surface area contributed by atoms with Crippen LogP contribution in [0.1, 0.15) is 43.2 Å². The number of halogens is 1. The quantitative estimate of drug-likeness (QED) is 0.451. The molecular formula is C24H25FO3S2. The van der Waals surface area contributed by atoms with Crippen LogP contribution in [0.5, 0.6) is 5.75 Å². The lowest BCUT2D eigenvalue weighted by Crippen LogP contribution is -2.23. The lowest BCUT2D eigenvalue weighted by molar-refractivity contribution is 0.409. The summed E-state index contributed by atoms with van der Waals surface area (Å²) in [6.45, 7) is 0. The molecule has 0 saturated heterocycles. The maximum absolute atomic E-state index is 13.7. The van der Waals surface area contributed by atoms with Crippen molar-refractivity contribution in [1.82, 2.24) is 0 Å². The average Bonchev–Trinajstić information content (AvgIpc) is 3.26. The van der Waals surface area contributed by atoms with Gasteiger partial charge in [0.25, 0.3) is 0 Å². The molecule has 3 nitrogen and oxygen atoms in total. The van der Waals surface area contributed by atoms with Gasteiger partial charge in [0.15, 0.2) is 9.84 Å². The molecule has 1 saturated carbocycles. The Bertz CT molecular complexity index is 1130. The summed E-state index contributed by atoms with van der Waals surface area (Å²) in [5.41, 5.74) is 2.76. The maximum atomic E-state index is 13.7. The molecule has 4 rings (SSSR count). The van der Waals surface area contributed by atoms with Gasteiger partial charge in [0.2, 0.25) is 0 Å². The fourth-order valence-electron chi connectivity index (χ4n) is 4.11. The highest BCUT2D eigenvalue weighted by Gasteiger charge is 2.30. The van der Waals surface area contributed by atoms with Crippen molar-refractivity contribution in [2.75, 3.05) is 7.11 Å². The van der Waals surface area contributed by atoms with Gasteiger partial charge < -0.3 is 4.74 Å². The van der Waals surface area contributed by atoms with Gasteiger partial charge in [-0.15, -0.1) is 11.3 Å². The Labute approximate surface area is 181 Å². The van der Waals surface area contributed by atoms with Gasteiger partial charge in [0.05, 0.1) is 12.4 Å². The van der Waals surface area contributed by atoms with Gasteiger partial charge in [-0.25, -0.2) is 12.8 Å². The predicted molar refractivity (Wildman–Crippen MR) is 120 cm³/mol. The van der Waals surface area contributed by atoms with Crippen LogP contribution in [0.3, 0.4) is 0 Å². The average molecular weight is 445 g/mol. The van der Waals surface area contributed by atoms with E-state index < -0.39 is 9.84 Å². The second-order valence-corrected chi connectivity index (χ2v) is 11.3. The van der Waals surface area contributed by atoms with Crippen molar-refractivity contribution in [1.29, 1.82) is 0 Å². The minimum Gasteiger partial charge on any atom is -0.496 e. The Morgan fingerprint density at radius 2 is 1.83 bits per heavy atom. The fraction of sp³-hybridized carbons (Fsp3) is 0.333. The number of rotatable bonds is 6. The zero-order chi connectivity index (χ0) is 21.1. The van der Waals surface area contributed by atoms with E-state index in [1.54, 1.807) is 19.2 Å². The third-order valence-electron chi connectivity index (χ3n) is 5.70. The molecule has 1 aliphatic rings. The fourth-order valence-corrected chi connectivity index (χ4v) is 7.52. The summed E-state index contributed by atoms with van der Waals surface area (Å²) in [6.07, 6.45) is 5.18. The number of ether oxygens (including phenoxy) is 1. The molecule has 0 unspecified atom stereocenters. The molecule has 0 radical (unpaired) electrons. The summed E-state index contributed by atoms with van der Waals surface area (Å²) >= 11 is 1.34.